The van der Waals surface area contributed by atoms with E-state index in [1.165, 1.54) is 19.3 Å². The first kappa shape index (κ1) is 13.2. The van der Waals surface area contributed by atoms with Crippen LogP contribution < -0.4 is 10.6 Å². The third-order valence-corrected chi connectivity index (χ3v) is 4.16. The highest BCUT2D eigenvalue weighted by atomic mass is 16.3. The third kappa shape index (κ3) is 2.46. The SMILES string of the molecule is CCN(CC)c1ccc([C@@H](N)C2CCC2)c(O)c1. The Hall–Kier alpha value is -1.22. The average molecular weight is 248 g/mol. The van der Waals surface area contributed by atoms with Crippen LogP contribution in [0.2, 0.25) is 0 Å². The highest BCUT2D eigenvalue weighted by Gasteiger charge is 2.27. The highest BCUT2D eigenvalue weighted by molar-refractivity contribution is 5.54. The zero-order valence-corrected chi connectivity index (χ0v) is 11.4. The van der Waals surface area contributed by atoms with Crippen molar-refractivity contribution in [1.29, 1.82) is 0 Å². The van der Waals surface area contributed by atoms with E-state index in [-0.39, 0.29) is 6.04 Å². The van der Waals surface area contributed by atoms with Crippen molar-refractivity contribution in [3.8, 4) is 5.75 Å². The highest BCUT2D eigenvalue weighted by Crippen LogP contribution is 2.39. The second-order valence-corrected chi connectivity index (χ2v) is 5.13. The van der Waals surface area contributed by atoms with Crippen molar-refractivity contribution in [3.63, 3.8) is 0 Å². The molecule has 1 saturated carbocycles. The van der Waals surface area contributed by atoms with Crippen LogP contribution in [-0.4, -0.2) is 18.2 Å². The summed E-state index contributed by atoms with van der Waals surface area (Å²) in [6.45, 7) is 6.14. The second kappa shape index (κ2) is 5.61. The van der Waals surface area contributed by atoms with Gasteiger partial charge in [-0.3, -0.25) is 0 Å². The Bertz CT molecular complexity index is 397. The Labute approximate surface area is 110 Å². The summed E-state index contributed by atoms with van der Waals surface area (Å²) >= 11 is 0. The number of rotatable bonds is 5. The molecule has 18 heavy (non-hydrogen) atoms. The van der Waals surface area contributed by atoms with Crippen LogP contribution in [0.25, 0.3) is 0 Å². The summed E-state index contributed by atoms with van der Waals surface area (Å²) in [6.07, 6.45) is 3.66. The molecule has 0 unspecified atom stereocenters. The van der Waals surface area contributed by atoms with Gasteiger partial charge in [-0.1, -0.05) is 12.5 Å². The van der Waals surface area contributed by atoms with Crippen LogP contribution in [0.1, 0.15) is 44.7 Å². The smallest absolute Gasteiger partial charge is 0.122 e. The minimum absolute atomic E-state index is 0.00972. The number of hydrogen-bond donors (Lipinski definition) is 2. The molecular formula is C15H24N2O. The number of nitrogens with two attached hydrogens (primary N) is 1. The molecule has 0 saturated heterocycles. The molecule has 1 atom stereocenters. The van der Waals surface area contributed by atoms with Crippen molar-refractivity contribution in [2.45, 2.75) is 39.2 Å². The second-order valence-electron chi connectivity index (χ2n) is 5.13. The molecule has 3 heteroatoms. The predicted molar refractivity (Wildman–Crippen MR) is 75.9 cm³/mol. The Morgan fingerprint density at radius 2 is 2.00 bits per heavy atom. The lowest BCUT2D eigenvalue weighted by Crippen LogP contribution is -2.27. The van der Waals surface area contributed by atoms with Crippen LogP contribution >= 0.6 is 0 Å². The van der Waals surface area contributed by atoms with Crippen LogP contribution in [0.3, 0.4) is 0 Å². The van der Waals surface area contributed by atoms with Crippen molar-refractivity contribution in [1.82, 2.24) is 0 Å². The summed E-state index contributed by atoms with van der Waals surface area (Å²) in [5, 5.41) is 10.2. The van der Waals surface area contributed by atoms with Crippen molar-refractivity contribution in [2.24, 2.45) is 11.7 Å². The Kier molecular flexibility index (Phi) is 4.12. The van der Waals surface area contributed by atoms with Gasteiger partial charge in [0.05, 0.1) is 0 Å². The van der Waals surface area contributed by atoms with E-state index >= 15 is 0 Å². The maximum atomic E-state index is 10.2. The summed E-state index contributed by atoms with van der Waals surface area (Å²) in [5.74, 6) is 0.897. The first-order chi connectivity index (χ1) is 8.67. The van der Waals surface area contributed by atoms with Gasteiger partial charge in [0.1, 0.15) is 5.75 Å². The summed E-state index contributed by atoms with van der Waals surface area (Å²) in [7, 11) is 0. The summed E-state index contributed by atoms with van der Waals surface area (Å²) in [4.78, 5) is 2.22. The predicted octanol–water partition coefficient (Wildman–Crippen LogP) is 3.04. The maximum absolute atomic E-state index is 10.2. The van der Waals surface area contributed by atoms with E-state index in [1.54, 1.807) is 0 Å². The van der Waals surface area contributed by atoms with Crippen LogP contribution in [0, 0.1) is 5.92 Å². The molecule has 1 aliphatic carbocycles. The summed E-state index contributed by atoms with van der Waals surface area (Å²) in [5.41, 5.74) is 8.19. The van der Waals surface area contributed by atoms with Gasteiger partial charge >= 0.3 is 0 Å². The fraction of sp³-hybridized carbons (Fsp3) is 0.600. The molecule has 1 fully saturated rings. The minimum Gasteiger partial charge on any atom is -0.508 e. The van der Waals surface area contributed by atoms with Crippen LogP contribution in [0.4, 0.5) is 5.69 Å². The number of nitrogens with zero attached hydrogens (tertiary/aromatic N) is 1. The normalized spacial score (nSPS) is 17.3. The summed E-state index contributed by atoms with van der Waals surface area (Å²) in [6, 6.07) is 5.90. The van der Waals surface area contributed by atoms with Gasteiger partial charge in [0.2, 0.25) is 0 Å². The van der Waals surface area contributed by atoms with Gasteiger partial charge in [-0.15, -0.1) is 0 Å². The van der Waals surface area contributed by atoms with Crippen molar-refractivity contribution in [2.75, 3.05) is 18.0 Å². The van der Waals surface area contributed by atoms with E-state index in [2.05, 4.69) is 24.8 Å². The molecule has 3 N–H and O–H groups in total. The van der Waals surface area contributed by atoms with E-state index in [0.717, 1.165) is 24.3 Å². The molecule has 0 amide bonds. The van der Waals surface area contributed by atoms with Gasteiger partial charge in [-0.25, -0.2) is 0 Å². The molecule has 0 aliphatic heterocycles. The minimum atomic E-state index is -0.00972. The van der Waals surface area contributed by atoms with Crippen LogP contribution in [-0.2, 0) is 0 Å². The van der Waals surface area contributed by atoms with E-state index in [4.69, 9.17) is 5.73 Å². The first-order valence-corrected chi connectivity index (χ1v) is 7.00. The lowest BCUT2D eigenvalue weighted by Gasteiger charge is -2.32. The molecule has 0 heterocycles. The topological polar surface area (TPSA) is 49.5 Å². The quantitative estimate of drug-likeness (QED) is 0.842. The Balaban J connectivity index is 2.18. The number of aromatic hydroxyl groups is 1. The lowest BCUT2D eigenvalue weighted by molar-refractivity contribution is 0.260. The van der Waals surface area contributed by atoms with Crippen molar-refractivity contribution < 1.29 is 5.11 Å². The van der Waals surface area contributed by atoms with Crippen LogP contribution in [0.5, 0.6) is 5.75 Å². The number of phenolic OH excluding ortho intramolecular Hbond substituents is 1. The molecule has 1 aliphatic rings. The van der Waals surface area contributed by atoms with Gasteiger partial charge in [0.25, 0.3) is 0 Å². The number of benzene rings is 1. The molecule has 0 bridgehead atoms. The molecule has 3 nitrogen and oxygen atoms in total. The van der Waals surface area contributed by atoms with Gasteiger partial charge in [0.15, 0.2) is 0 Å². The number of hydrogen-bond acceptors (Lipinski definition) is 3. The first-order valence-electron chi connectivity index (χ1n) is 7.00. The molecule has 100 valence electrons. The number of anilines is 1. The van der Waals surface area contributed by atoms with Crippen molar-refractivity contribution in [3.05, 3.63) is 23.8 Å². The van der Waals surface area contributed by atoms with E-state index in [0.29, 0.717) is 11.7 Å². The fourth-order valence-corrected chi connectivity index (χ4v) is 2.65. The van der Waals surface area contributed by atoms with Gasteiger partial charge in [-0.2, -0.15) is 0 Å². The third-order valence-electron chi connectivity index (χ3n) is 4.16. The van der Waals surface area contributed by atoms with Gasteiger partial charge in [-0.05, 0) is 38.7 Å². The molecule has 1 aromatic carbocycles. The van der Waals surface area contributed by atoms with E-state index in [9.17, 15) is 5.11 Å². The molecule has 1 aromatic rings. The van der Waals surface area contributed by atoms with E-state index in [1.807, 2.05) is 12.1 Å². The van der Waals surface area contributed by atoms with E-state index < -0.39 is 0 Å². The lowest BCUT2D eigenvalue weighted by atomic mass is 9.77. The number of phenols is 1. The monoisotopic (exact) mass is 248 g/mol. The average Bonchev–Trinajstić information content (AvgIpc) is 2.28. The zero-order valence-electron chi connectivity index (χ0n) is 11.4. The Morgan fingerprint density at radius 1 is 1.33 bits per heavy atom. The van der Waals surface area contributed by atoms with Crippen LogP contribution in [0.15, 0.2) is 18.2 Å². The largest absolute Gasteiger partial charge is 0.508 e. The summed E-state index contributed by atoms with van der Waals surface area (Å²) < 4.78 is 0. The standard InChI is InChI=1S/C15H24N2O/c1-3-17(4-2)12-8-9-13(14(18)10-12)15(16)11-6-5-7-11/h8-11,15,18H,3-7,16H2,1-2H3/t15-/m0/s1. The molecule has 0 spiro atoms. The van der Waals surface area contributed by atoms with Crippen molar-refractivity contribution >= 4 is 5.69 Å². The molecule has 0 aromatic heterocycles. The van der Waals surface area contributed by atoms with Gasteiger partial charge in [0, 0.05) is 36.4 Å². The van der Waals surface area contributed by atoms with Gasteiger partial charge < -0.3 is 15.7 Å². The molecule has 2 rings (SSSR count). The molecular weight excluding hydrogens is 224 g/mol. The molecule has 0 radical (unpaired) electrons. The maximum Gasteiger partial charge on any atom is 0.122 e. The Morgan fingerprint density at radius 3 is 2.44 bits per heavy atom. The fourth-order valence-electron chi connectivity index (χ4n) is 2.65. The zero-order chi connectivity index (χ0) is 13.1.